The standard InChI is InChI=1S/C10H6N6S/c11-3-7(4-12)5-15-16-9-8-1-2-17-10(8)14-6-13-9/h1-2,5-6,15H,(H,13,14,16). The first kappa shape index (κ1) is 10.9. The van der Waals surface area contributed by atoms with Gasteiger partial charge < -0.3 is 5.43 Å². The molecule has 0 aliphatic carbocycles. The number of hydrazine groups is 1. The Bertz CT molecular complexity index is 629. The van der Waals surface area contributed by atoms with Gasteiger partial charge in [-0.1, -0.05) is 0 Å². The molecule has 17 heavy (non-hydrogen) atoms. The molecule has 6 nitrogen and oxygen atoms in total. The van der Waals surface area contributed by atoms with Crippen LogP contribution in [-0.2, 0) is 0 Å². The summed E-state index contributed by atoms with van der Waals surface area (Å²) in [5, 5.41) is 19.9. The number of nitriles is 2. The molecule has 2 heterocycles. The lowest BCUT2D eigenvalue weighted by Crippen LogP contribution is -2.16. The fourth-order valence-corrected chi connectivity index (χ4v) is 1.89. The first-order valence-corrected chi connectivity index (χ1v) is 5.43. The van der Waals surface area contributed by atoms with E-state index in [1.807, 2.05) is 11.4 Å². The average molecular weight is 242 g/mol. The minimum atomic E-state index is -0.0203. The molecule has 2 N–H and O–H groups in total. The van der Waals surface area contributed by atoms with Crippen LogP contribution in [0.3, 0.4) is 0 Å². The van der Waals surface area contributed by atoms with Gasteiger partial charge in [-0.15, -0.1) is 11.3 Å². The molecule has 82 valence electrons. The van der Waals surface area contributed by atoms with E-state index < -0.39 is 0 Å². The average Bonchev–Trinajstić information content (AvgIpc) is 2.83. The topological polar surface area (TPSA) is 97.4 Å². The number of hydrogen-bond acceptors (Lipinski definition) is 7. The minimum absolute atomic E-state index is 0.0203. The van der Waals surface area contributed by atoms with Gasteiger partial charge >= 0.3 is 0 Å². The number of hydrogen-bond donors (Lipinski definition) is 2. The maximum absolute atomic E-state index is 8.53. The Morgan fingerprint density at radius 1 is 1.35 bits per heavy atom. The molecule has 0 fully saturated rings. The van der Waals surface area contributed by atoms with E-state index in [0.29, 0.717) is 5.82 Å². The van der Waals surface area contributed by atoms with Crippen molar-refractivity contribution in [2.75, 3.05) is 5.43 Å². The van der Waals surface area contributed by atoms with E-state index in [-0.39, 0.29) is 5.57 Å². The van der Waals surface area contributed by atoms with E-state index in [1.54, 1.807) is 12.1 Å². The van der Waals surface area contributed by atoms with Crippen LogP contribution in [0, 0.1) is 22.7 Å². The molecular formula is C10H6N6S. The summed E-state index contributed by atoms with van der Waals surface area (Å²) in [4.78, 5) is 9.02. The van der Waals surface area contributed by atoms with Gasteiger partial charge in [-0.25, -0.2) is 9.97 Å². The van der Waals surface area contributed by atoms with Crippen molar-refractivity contribution >= 4 is 27.4 Å². The largest absolute Gasteiger partial charge is 0.305 e. The molecule has 7 heteroatoms. The summed E-state index contributed by atoms with van der Waals surface area (Å²) in [6, 6.07) is 5.37. The summed E-state index contributed by atoms with van der Waals surface area (Å²) in [5.41, 5.74) is 5.42. The third kappa shape index (κ3) is 2.30. The van der Waals surface area contributed by atoms with Crippen LogP contribution in [0.4, 0.5) is 5.82 Å². The number of fused-ring (bicyclic) bond motifs is 1. The van der Waals surface area contributed by atoms with Crippen molar-refractivity contribution < 1.29 is 0 Å². The first-order valence-electron chi connectivity index (χ1n) is 4.55. The highest BCUT2D eigenvalue weighted by Gasteiger charge is 2.02. The normalized spacial score (nSPS) is 9.06. The van der Waals surface area contributed by atoms with E-state index >= 15 is 0 Å². The molecule has 0 aliphatic heterocycles. The molecule has 0 unspecified atom stereocenters. The summed E-state index contributed by atoms with van der Waals surface area (Å²) >= 11 is 1.51. The quantitative estimate of drug-likeness (QED) is 0.625. The fourth-order valence-electron chi connectivity index (χ4n) is 1.16. The molecule has 0 bridgehead atoms. The van der Waals surface area contributed by atoms with Crippen molar-refractivity contribution in [2.45, 2.75) is 0 Å². The number of anilines is 1. The summed E-state index contributed by atoms with van der Waals surface area (Å²) in [7, 11) is 0. The van der Waals surface area contributed by atoms with Crippen molar-refractivity contribution in [3.05, 3.63) is 29.5 Å². The molecule has 2 rings (SSSR count). The minimum Gasteiger partial charge on any atom is -0.305 e. The van der Waals surface area contributed by atoms with Crippen LogP contribution >= 0.6 is 11.3 Å². The van der Waals surface area contributed by atoms with Gasteiger partial charge in [0.1, 0.15) is 28.9 Å². The van der Waals surface area contributed by atoms with Gasteiger partial charge in [0.25, 0.3) is 0 Å². The molecule has 0 radical (unpaired) electrons. The number of thiophene rings is 1. The Hall–Kier alpha value is -2.64. The molecule has 0 atom stereocenters. The number of nitrogens with one attached hydrogen (secondary N) is 2. The molecule has 2 aromatic rings. The van der Waals surface area contributed by atoms with Gasteiger partial charge in [-0.05, 0) is 11.4 Å². The van der Waals surface area contributed by atoms with E-state index in [9.17, 15) is 0 Å². The van der Waals surface area contributed by atoms with Crippen molar-refractivity contribution in [1.29, 1.82) is 10.5 Å². The van der Waals surface area contributed by atoms with Gasteiger partial charge in [0.2, 0.25) is 0 Å². The van der Waals surface area contributed by atoms with Crippen molar-refractivity contribution in [3.8, 4) is 12.1 Å². The molecule has 0 aliphatic rings. The highest BCUT2D eigenvalue weighted by molar-refractivity contribution is 7.16. The second-order valence-corrected chi connectivity index (χ2v) is 3.81. The molecule has 0 amide bonds. The lowest BCUT2D eigenvalue weighted by molar-refractivity contribution is 1.02. The van der Waals surface area contributed by atoms with E-state index in [4.69, 9.17) is 10.5 Å². The zero-order valence-electron chi connectivity index (χ0n) is 8.51. The molecular weight excluding hydrogens is 236 g/mol. The zero-order chi connectivity index (χ0) is 12.1. The summed E-state index contributed by atoms with van der Waals surface area (Å²) in [6.45, 7) is 0. The molecule has 0 aromatic carbocycles. The first-order chi connectivity index (χ1) is 8.35. The number of aromatic nitrogens is 2. The predicted octanol–water partition coefficient (Wildman–Crippen LogP) is 1.54. The van der Waals surface area contributed by atoms with Gasteiger partial charge in [-0.3, -0.25) is 5.43 Å². The van der Waals surface area contributed by atoms with E-state index in [0.717, 1.165) is 10.2 Å². The van der Waals surface area contributed by atoms with Gasteiger partial charge in [-0.2, -0.15) is 10.5 Å². The highest BCUT2D eigenvalue weighted by Crippen LogP contribution is 2.22. The maximum atomic E-state index is 8.53. The van der Waals surface area contributed by atoms with Gasteiger partial charge in [0, 0.05) is 6.20 Å². The summed E-state index contributed by atoms with van der Waals surface area (Å²) < 4.78 is 0. The lowest BCUT2D eigenvalue weighted by atomic mass is 10.4. The lowest BCUT2D eigenvalue weighted by Gasteiger charge is -2.04. The Kier molecular flexibility index (Phi) is 3.15. The number of nitrogens with zero attached hydrogens (tertiary/aromatic N) is 4. The Morgan fingerprint density at radius 3 is 2.94 bits per heavy atom. The second kappa shape index (κ2) is 4.92. The molecule has 2 aromatic heterocycles. The number of allylic oxidation sites excluding steroid dienone is 1. The van der Waals surface area contributed by atoms with Crippen LogP contribution in [0.15, 0.2) is 29.5 Å². The van der Waals surface area contributed by atoms with E-state index in [2.05, 4.69) is 20.8 Å². The Balaban J connectivity index is 2.15. The van der Waals surface area contributed by atoms with Gasteiger partial charge in [0.05, 0.1) is 5.39 Å². The predicted molar refractivity (Wildman–Crippen MR) is 63.5 cm³/mol. The maximum Gasteiger partial charge on any atom is 0.156 e. The zero-order valence-corrected chi connectivity index (χ0v) is 9.32. The Labute approximate surface area is 101 Å². The molecule has 0 saturated carbocycles. The second-order valence-electron chi connectivity index (χ2n) is 2.91. The van der Waals surface area contributed by atoms with E-state index in [1.165, 1.54) is 23.9 Å². The van der Waals surface area contributed by atoms with Crippen LogP contribution in [0.5, 0.6) is 0 Å². The molecule has 0 saturated heterocycles. The van der Waals surface area contributed by atoms with Crippen LogP contribution in [0.2, 0.25) is 0 Å². The van der Waals surface area contributed by atoms with Crippen molar-refractivity contribution in [1.82, 2.24) is 15.4 Å². The van der Waals surface area contributed by atoms with Crippen LogP contribution in [0.1, 0.15) is 0 Å². The highest BCUT2D eigenvalue weighted by atomic mass is 32.1. The molecule has 0 spiro atoms. The number of rotatable bonds is 3. The SMILES string of the molecule is N#CC(C#N)=CNNc1ncnc2sccc12. The van der Waals surface area contributed by atoms with Crippen molar-refractivity contribution in [2.24, 2.45) is 0 Å². The Morgan fingerprint density at radius 2 is 2.18 bits per heavy atom. The van der Waals surface area contributed by atoms with Crippen molar-refractivity contribution in [3.63, 3.8) is 0 Å². The van der Waals surface area contributed by atoms with Gasteiger partial charge in [0.15, 0.2) is 5.82 Å². The third-order valence-corrected chi connectivity index (χ3v) is 2.73. The van der Waals surface area contributed by atoms with Crippen LogP contribution in [-0.4, -0.2) is 9.97 Å². The van der Waals surface area contributed by atoms with Crippen LogP contribution in [0.25, 0.3) is 10.2 Å². The fraction of sp³-hybridized carbons (Fsp3) is 0. The summed E-state index contributed by atoms with van der Waals surface area (Å²) in [5.74, 6) is 0.600. The summed E-state index contributed by atoms with van der Waals surface area (Å²) in [6.07, 6.45) is 2.72. The third-order valence-electron chi connectivity index (χ3n) is 1.91. The van der Waals surface area contributed by atoms with Crippen LogP contribution < -0.4 is 10.9 Å². The smallest absolute Gasteiger partial charge is 0.156 e. The monoisotopic (exact) mass is 242 g/mol.